The van der Waals surface area contributed by atoms with Gasteiger partial charge in [-0.15, -0.1) is 0 Å². The average Bonchev–Trinajstić information content (AvgIpc) is 2.23. The molecule has 0 saturated carbocycles. The van der Waals surface area contributed by atoms with Crippen LogP contribution in [-0.2, 0) is 9.53 Å². The van der Waals surface area contributed by atoms with Crippen molar-refractivity contribution in [3.05, 3.63) is 21.6 Å². The van der Waals surface area contributed by atoms with E-state index in [-0.39, 0.29) is 17.3 Å². The van der Waals surface area contributed by atoms with Gasteiger partial charge in [0.2, 0.25) is 0 Å². The molecule has 0 unspecified atom stereocenters. The highest BCUT2D eigenvalue weighted by atomic mass is 79.9. The van der Waals surface area contributed by atoms with E-state index in [0.717, 1.165) is 0 Å². The van der Waals surface area contributed by atoms with Gasteiger partial charge in [-0.25, -0.2) is 0 Å². The number of phenols is 1. The first-order valence-corrected chi connectivity index (χ1v) is 5.64. The predicted octanol–water partition coefficient (Wildman–Crippen LogP) is 2.78. The molecule has 0 radical (unpaired) electrons. The van der Waals surface area contributed by atoms with E-state index in [9.17, 15) is 9.90 Å². The normalized spacial score (nSPS) is 12.2. The van der Waals surface area contributed by atoms with Crippen LogP contribution in [0.2, 0.25) is 5.02 Å². The Morgan fingerprint density at radius 2 is 2.25 bits per heavy atom. The van der Waals surface area contributed by atoms with Gasteiger partial charge in [0.05, 0.1) is 10.2 Å². The van der Waals surface area contributed by atoms with Crippen molar-refractivity contribution in [2.24, 2.45) is 0 Å². The van der Waals surface area contributed by atoms with Gasteiger partial charge >= 0.3 is 0 Å². The van der Waals surface area contributed by atoms with Crippen molar-refractivity contribution in [2.75, 3.05) is 12.4 Å². The third-order valence-electron chi connectivity index (χ3n) is 2.01. The summed E-state index contributed by atoms with van der Waals surface area (Å²) >= 11 is 8.92. The first-order valence-electron chi connectivity index (χ1n) is 4.47. The summed E-state index contributed by atoms with van der Waals surface area (Å²) in [6, 6.07) is 2.99. The second-order valence-electron chi connectivity index (χ2n) is 3.15. The molecule has 0 aromatic heterocycles. The lowest BCUT2D eigenvalue weighted by Crippen LogP contribution is -2.26. The molecule has 0 heterocycles. The van der Waals surface area contributed by atoms with E-state index in [2.05, 4.69) is 21.2 Å². The van der Waals surface area contributed by atoms with Crippen LogP contribution in [0.4, 0.5) is 5.69 Å². The van der Waals surface area contributed by atoms with Crippen molar-refractivity contribution in [3.63, 3.8) is 0 Å². The molecule has 0 bridgehead atoms. The zero-order valence-electron chi connectivity index (χ0n) is 8.75. The molecule has 0 saturated heterocycles. The van der Waals surface area contributed by atoms with Crippen LogP contribution < -0.4 is 5.32 Å². The third-order valence-corrected chi connectivity index (χ3v) is 2.83. The molecule has 6 heteroatoms. The van der Waals surface area contributed by atoms with Gasteiger partial charge in [-0.05, 0) is 35.0 Å². The topological polar surface area (TPSA) is 58.6 Å². The molecule has 0 aliphatic heterocycles. The van der Waals surface area contributed by atoms with Crippen LogP contribution in [-0.4, -0.2) is 24.2 Å². The molecule has 0 fully saturated rings. The molecule has 1 aromatic rings. The van der Waals surface area contributed by atoms with Crippen molar-refractivity contribution in [2.45, 2.75) is 13.0 Å². The Morgan fingerprint density at radius 1 is 1.62 bits per heavy atom. The van der Waals surface area contributed by atoms with Crippen molar-refractivity contribution in [1.29, 1.82) is 0 Å². The zero-order chi connectivity index (χ0) is 12.3. The van der Waals surface area contributed by atoms with Gasteiger partial charge in [-0.1, -0.05) is 11.6 Å². The monoisotopic (exact) mass is 307 g/mol. The van der Waals surface area contributed by atoms with Crippen molar-refractivity contribution >= 4 is 39.1 Å². The van der Waals surface area contributed by atoms with Crippen LogP contribution in [0.15, 0.2) is 16.6 Å². The number of hydrogen-bond donors (Lipinski definition) is 2. The van der Waals surface area contributed by atoms with Crippen LogP contribution in [0.25, 0.3) is 0 Å². The second-order valence-corrected chi connectivity index (χ2v) is 4.44. The molecular formula is C10H11BrClNO3. The molecule has 1 rings (SSSR count). The summed E-state index contributed by atoms with van der Waals surface area (Å²) in [5.41, 5.74) is 0.244. The largest absolute Gasteiger partial charge is 0.505 e. The number of anilines is 1. The first-order chi connectivity index (χ1) is 7.45. The molecule has 1 aromatic carbocycles. The van der Waals surface area contributed by atoms with E-state index in [0.29, 0.717) is 9.50 Å². The maximum atomic E-state index is 11.5. The predicted molar refractivity (Wildman–Crippen MR) is 65.9 cm³/mol. The van der Waals surface area contributed by atoms with Gasteiger partial charge in [0.25, 0.3) is 5.91 Å². The number of hydrogen-bond acceptors (Lipinski definition) is 3. The molecule has 16 heavy (non-hydrogen) atoms. The Balaban J connectivity index is 2.93. The minimum Gasteiger partial charge on any atom is -0.505 e. The molecule has 1 amide bonds. The first kappa shape index (κ1) is 13.3. The van der Waals surface area contributed by atoms with Gasteiger partial charge < -0.3 is 15.2 Å². The van der Waals surface area contributed by atoms with Crippen LogP contribution >= 0.6 is 27.5 Å². The van der Waals surface area contributed by atoms with Crippen molar-refractivity contribution < 1.29 is 14.6 Å². The standard InChI is InChI=1S/C10H11BrClNO3/c1-5(16-2)10(15)13-8-4-6(12)3-7(11)9(8)14/h3-5,14H,1-2H3,(H,13,15)/t5-/m1/s1. The summed E-state index contributed by atoms with van der Waals surface area (Å²) in [4.78, 5) is 11.5. The lowest BCUT2D eigenvalue weighted by atomic mass is 10.2. The summed E-state index contributed by atoms with van der Waals surface area (Å²) in [5, 5.41) is 12.6. The van der Waals surface area contributed by atoms with E-state index < -0.39 is 6.10 Å². The smallest absolute Gasteiger partial charge is 0.253 e. The quantitative estimate of drug-likeness (QED) is 0.844. The van der Waals surface area contributed by atoms with Crippen LogP contribution in [0.5, 0.6) is 5.75 Å². The average molecular weight is 309 g/mol. The number of methoxy groups -OCH3 is 1. The van der Waals surface area contributed by atoms with Gasteiger partial charge in [0.15, 0.2) is 5.75 Å². The Hall–Kier alpha value is -0.780. The highest BCUT2D eigenvalue weighted by Gasteiger charge is 2.15. The lowest BCUT2D eigenvalue weighted by Gasteiger charge is -2.12. The van der Waals surface area contributed by atoms with Gasteiger partial charge in [-0.3, -0.25) is 4.79 Å². The van der Waals surface area contributed by atoms with E-state index in [4.69, 9.17) is 16.3 Å². The summed E-state index contributed by atoms with van der Waals surface area (Å²) in [5.74, 6) is -0.423. The number of carbonyl (C=O) groups is 1. The Kier molecular flexibility index (Phi) is 4.58. The molecular weight excluding hydrogens is 297 g/mol. The van der Waals surface area contributed by atoms with Crippen LogP contribution in [0.3, 0.4) is 0 Å². The molecule has 0 aliphatic carbocycles. The molecule has 88 valence electrons. The minimum absolute atomic E-state index is 0.0685. The summed E-state index contributed by atoms with van der Waals surface area (Å²) < 4.78 is 5.26. The molecule has 0 spiro atoms. The maximum absolute atomic E-state index is 11.5. The zero-order valence-corrected chi connectivity index (χ0v) is 11.1. The number of rotatable bonds is 3. The van der Waals surface area contributed by atoms with E-state index in [1.165, 1.54) is 19.2 Å². The van der Waals surface area contributed by atoms with Crippen LogP contribution in [0, 0.1) is 0 Å². The van der Waals surface area contributed by atoms with Gasteiger partial charge in [0.1, 0.15) is 6.10 Å². The fraction of sp³-hybridized carbons (Fsp3) is 0.300. The maximum Gasteiger partial charge on any atom is 0.253 e. The van der Waals surface area contributed by atoms with Crippen molar-refractivity contribution in [1.82, 2.24) is 0 Å². The number of nitrogens with one attached hydrogen (secondary N) is 1. The van der Waals surface area contributed by atoms with Gasteiger partial charge in [-0.2, -0.15) is 0 Å². The second kappa shape index (κ2) is 5.52. The van der Waals surface area contributed by atoms with Gasteiger partial charge in [0, 0.05) is 12.1 Å². The van der Waals surface area contributed by atoms with E-state index in [1.54, 1.807) is 6.92 Å². The number of benzene rings is 1. The Morgan fingerprint density at radius 3 is 2.81 bits per heavy atom. The number of aromatic hydroxyl groups is 1. The molecule has 4 nitrogen and oxygen atoms in total. The fourth-order valence-corrected chi connectivity index (χ4v) is 1.81. The highest BCUT2D eigenvalue weighted by molar-refractivity contribution is 9.10. The lowest BCUT2D eigenvalue weighted by molar-refractivity contribution is -0.124. The number of phenolic OH excluding ortho intramolecular Hbond substituents is 1. The SMILES string of the molecule is CO[C@H](C)C(=O)Nc1cc(Cl)cc(Br)c1O. The van der Waals surface area contributed by atoms with Crippen LogP contribution in [0.1, 0.15) is 6.92 Å². The number of amides is 1. The highest BCUT2D eigenvalue weighted by Crippen LogP contribution is 2.35. The summed E-state index contributed by atoms with van der Waals surface area (Å²) in [6.07, 6.45) is -0.600. The molecule has 2 N–H and O–H groups in total. The Bertz CT molecular complexity index is 411. The number of carbonyl (C=O) groups excluding carboxylic acids is 1. The fourth-order valence-electron chi connectivity index (χ4n) is 1.00. The van der Waals surface area contributed by atoms with Crippen molar-refractivity contribution in [3.8, 4) is 5.75 Å². The van der Waals surface area contributed by atoms with E-state index >= 15 is 0 Å². The van der Waals surface area contributed by atoms with E-state index in [1.807, 2.05) is 0 Å². The number of ether oxygens (including phenoxy) is 1. The molecule has 0 aliphatic rings. The molecule has 1 atom stereocenters. The minimum atomic E-state index is -0.600. The summed E-state index contributed by atoms with van der Waals surface area (Å²) in [7, 11) is 1.43. The summed E-state index contributed by atoms with van der Waals surface area (Å²) in [6.45, 7) is 1.60. The number of halogens is 2. The third kappa shape index (κ3) is 3.10. The Labute approximate surface area is 107 Å².